The molecule has 0 fully saturated rings. The number of nitrogens with two attached hydrogens (primary N) is 1. The van der Waals surface area contributed by atoms with Crippen LogP contribution in [0.1, 0.15) is 44.8 Å². The second-order valence-corrected chi connectivity index (χ2v) is 9.46. The Morgan fingerprint density at radius 1 is 0.848 bits per heavy atom. The molecule has 0 saturated heterocycles. The summed E-state index contributed by atoms with van der Waals surface area (Å²) in [6.45, 7) is 0.736. The number of carbonyl (C=O) groups excluding carboxylic acids is 3. The molecule has 6 rings (SSSR count). The van der Waals surface area contributed by atoms with Crippen molar-refractivity contribution < 1.29 is 73.4 Å². The van der Waals surface area contributed by atoms with Crippen molar-refractivity contribution in [1.82, 2.24) is 0 Å². The first-order valence-electron chi connectivity index (χ1n) is 12.9. The monoisotopic (exact) mass is 675 g/mol. The third-order valence-electron chi connectivity index (χ3n) is 6.21. The van der Waals surface area contributed by atoms with Crippen LogP contribution in [0.4, 0.5) is 5.69 Å². The van der Waals surface area contributed by atoms with E-state index in [4.69, 9.17) is 36.7 Å². The predicted octanol–water partition coefficient (Wildman–Crippen LogP) is -0.931. The number of rotatable bonds is 5. The van der Waals surface area contributed by atoms with Crippen LogP contribution in [0, 0.1) is 0 Å². The Bertz CT molecular complexity index is 1520. The average molecular weight is 676 g/mol. The van der Waals surface area contributed by atoms with Crippen LogP contribution in [0.5, 0.6) is 0 Å². The summed E-state index contributed by atoms with van der Waals surface area (Å²) in [7, 11) is -1.64. The zero-order chi connectivity index (χ0) is 31.2. The molecule has 2 aliphatic rings. The fraction of sp³-hybridized carbons (Fsp3) is 0.129. The molecule has 0 spiro atoms. The molecule has 0 bridgehead atoms. The molecule has 0 atom stereocenters. The van der Waals surface area contributed by atoms with E-state index in [-0.39, 0.29) is 62.7 Å². The fourth-order valence-corrected chi connectivity index (χ4v) is 4.21. The van der Waals surface area contributed by atoms with Gasteiger partial charge < -0.3 is 35.2 Å². The maximum atomic E-state index is 12.1. The Morgan fingerprint density at radius 2 is 1.30 bits per heavy atom. The summed E-state index contributed by atoms with van der Waals surface area (Å²) in [4.78, 5) is 33.8. The van der Waals surface area contributed by atoms with Gasteiger partial charge in [-0.1, -0.05) is 92.4 Å². The van der Waals surface area contributed by atoms with E-state index in [0.29, 0.717) is 36.4 Å². The van der Waals surface area contributed by atoms with E-state index in [1.165, 1.54) is 0 Å². The first-order chi connectivity index (χ1) is 20.7. The van der Waals surface area contributed by atoms with Gasteiger partial charge in [0.05, 0.1) is 13.2 Å². The van der Waals surface area contributed by atoms with Gasteiger partial charge in [0.25, 0.3) is 11.7 Å². The number of hydrogen-bond donors (Lipinski definition) is 3. The molecule has 0 radical (unpaired) electrons. The Balaban J connectivity index is 0.000000646. The van der Waals surface area contributed by atoms with E-state index in [0.717, 1.165) is 27.6 Å². The van der Waals surface area contributed by atoms with Crippen LogP contribution in [0.25, 0.3) is 0 Å². The minimum absolute atomic E-state index is 0. The molecule has 4 aromatic carbocycles. The molecule has 0 aliphatic carbocycles. The predicted molar refractivity (Wildman–Crippen MR) is 177 cm³/mol. The molecule has 0 saturated carbocycles. The van der Waals surface area contributed by atoms with Crippen LogP contribution >= 0.6 is 25.1 Å². The normalized spacial score (nSPS) is 11.4. The Labute approximate surface area is 302 Å². The van der Waals surface area contributed by atoms with Gasteiger partial charge in [0.2, 0.25) is 0 Å². The van der Waals surface area contributed by atoms with Crippen molar-refractivity contribution in [2.75, 3.05) is 5.73 Å². The largest absolute Gasteiger partial charge is 1.00 e. The van der Waals surface area contributed by atoms with E-state index in [1.807, 2.05) is 60.7 Å². The quantitative estimate of drug-likeness (QED) is 0.0457. The zero-order valence-electron chi connectivity index (χ0n) is 24.3. The molecular weight excluding hydrogens is 642 g/mol. The second-order valence-electron chi connectivity index (χ2n) is 9.12. The first kappa shape index (κ1) is 43.1. The van der Waals surface area contributed by atoms with E-state index in [9.17, 15) is 19.6 Å². The first-order valence-corrected chi connectivity index (χ1v) is 13.3. The number of benzene rings is 4. The molecule has 4 N–H and O–H groups in total. The molecule has 0 amide bonds. The van der Waals surface area contributed by atoms with Gasteiger partial charge >= 0.3 is 43.8 Å². The van der Waals surface area contributed by atoms with Gasteiger partial charge in [-0.05, 0) is 51.3 Å². The summed E-state index contributed by atoms with van der Waals surface area (Å²) in [5.41, 5.74) is 11.9. The van der Waals surface area contributed by atoms with Crippen LogP contribution in [0.2, 0.25) is 0 Å². The molecule has 10 nitrogen and oxygen atoms in total. The maximum absolute atomic E-state index is 12.1. The third-order valence-corrected chi connectivity index (χ3v) is 6.42. The van der Waals surface area contributed by atoms with Gasteiger partial charge in [0.1, 0.15) is 0 Å². The van der Waals surface area contributed by atoms with E-state index >= 15 is 0 Å². The number of fused-ring (bicyclic) bond motifs is 2. The van der Waals surface area contributed by atoms with Crippen LogP contribution in [-0.4, -0.2) is 41.8 Å². The Kier molecular flexibility index (Phi) is 21.1. The van der Waals surface area contributed by atoms with Gasteiger partial charge in [0.15, 0.2) is 5.78 Å². The topological polar surface area (TPSA) is 168 Å². The summed E-state index contributed by atoms with van der Waals surface area (Å²) in [6, 6.07) is 29.1. The molecular formula is C31H33B2ClNNaO9S. The van der Waals surface area contributed by atoms with E-state index in [1.54, 1.807) is 36.4 Å². The van der Waals surface area contributed by atoms with Gasteiger partial charge in [0, 0.05) is 23.2 Å². The molecule has 46 heavy (non-hydrogen) atoms. The summed E-state index contributed by atoms with van der Waals surface area (Å²) in [6.07, 6.45) is 0.337. The van der Waals surface area contributed by atoms with Crippen molar-refractivity contribution in [1.29, 1.82) is 0 Å². The van der Waals surface area contributed by atoms with Crippen LogP contribution in [-0.2, 0) is 38.6 Å². The van der Waals surface area contributed by atoms with Crippen LogP contribution in [0.3, 0.4) is 0 Å². The number of nitrogen functional groups attached to an aromatic ring is 1. The second kappa shape index (κ2) is 22.6. The Morgan fingerprint density at radius 3 is 1.76 bits per heavy atom. The number of carbonyl (C=O) groups is 3. The molecule has 15 heteroatoms. The van der Waals surface area contributed by atoms with Crippen molar-refractivity contribution in [3.8, 4) is 0 Å². The average Bonchev–Trinajstić information content (AvgIpc) is 3.60. The van der Waals surface area contributed by atoms with E-state index in [2.05, 4.69) is 4.89 Å². The van der Waals surface area contributed by atoms with Crippen molar-refractivity contribution >= 4 is 73.4 Å². The molecule has 2 heterocycles. The van der Waals surface area contributed by atoms with Crippen molar-refractivity contribution in [3.05, 3.63) is 125 Å². The zero-order valence-corrected chi connectivity index (χ0v) is 28.1. The minimum Gasteiger partial charge on any atom is -0.662 e. The summed E-state index contributed by atoms with van der Waals surface area (Å²) in [5, 5.41) is 26.9. The van der Waals surface area contributed by atoms with Crippen molar-refractivity contribution in [3.63, 3.8) is 0 Å². The van der Waals surface area contributed by atoms with Gasteiger partial charge in [-0.3, -0.25) is 14.4 Å². The Hall–Kier alpha value is -2.94. The van der Waals surface area contributed by atoms with Crippen molar-refractivity contribution in [2.24, 2.45) is 0 Å². The van der Waals surface area contributed by atoms with E-state index < -0.39 is 19.5 Å². The molecule has 0 aromatic heterocycles. The van der Waals surface area contributed by atoms with Gasteiger partial charge in [-0.15, -0.1) is 0 Å². The van der Waals surface area contributed by atoms with Crippen LogP contribution < -0.4 is 51.5 Å². The number of anilines is 1. The number of Topliss-reactive ketones (excluding diaryl/α,β-unsaturated/α-hetero) is 1. The summed E-state index contributed by atoms with van der Waals surface area (Å²) in [5.74, 6) is 0.0777. The number of halogens is 1. The summed E-state index contributed by atoms with van der Waals surface area (Å²) < 4.78 is 10.1. The summed E-state index contributed by atoms with van der Waals surface area (Å²) >= 11 is 5.16. The van der Waals surface area contributed by atoms with Gasteiger partial charge in [-0.25, -0.2) is 0 Å². The molecule has 2 aliphatic heterocycles. The number of hydrogen-bond acceptors (Lipinski definition) is 10. The molecule has 4 aromatic rings. The van der Waals surface area contributed by atoms with Gasteiger partial charge in [-0.2, -0.15) is 13.5 Å². The van der Waals surface area contributed by atoms with Crippen LogP contribution in [0.15, 0.2) is 97.1 Å². The minimum atomic E-state index is -0.859. The fourth-order valence-electron chi connectivity index (χ4n) is 4.09. The molecule has 0 unspecified atom stereocenters. The maximum Gasteiger partial charge on any atom is 1.00 e. The number of ketones is 1. The SMILES string of the molecule is C.Nc1ccc2c(c1)B(O)OC2.O=C(Cc1ccc2c(c1)B(O)OC2)c1ccccc1.O=C(Cl)c1ccccc1.O=CO[O-].S.[Na+]. The molecule has 236 valence electrons. The smallest absolute Gasteiger partial charge is 0.662 e. The third kappa shape index (κ3) is 13.4. The standard InChI is InChI=1S/C15H13BO3.C7H8BNO2.C7H5ClO.CH2O3.CH4.Na.H2S/c17-15(12-4-2-1-3-5-12)9-11-6-7-13-10-19-16(18)14(13)8-11;9-6-2-1-5-4-11-8(10)7(5)3-6;8-7(9)6-4-2-1-3-5-6;2-1-4-3;;;/h1-8,18H,9-10H2;1-3,10H,4,9H2;1-5H;1,3H;1H4;;1H2/q;;;;;+1;/p-1. The van der Waals surface area contributed by atoms with Crippen molar-refractivity contribution in [2.45, 2.75) is 27.1 Å².